The fourth-order valence-electron chi connectivity index (χ4n) is 5.59. The van der Waals surface area contributed by atoms with Crippen molar-refractivity contribution in [2.75, 3.05) is 23.7 Å². The van der Waals surface area contributed by atoms with Crippen molar-refractivity contribution >= 4 is 34.4 Å². The van der Waals surface area contributed by atoms with E-state index in [0.29, 0.717) is 33.9 Å². The third-order valence-electron chi connectivity index (χ3n) is 8.28. The molecule has 12 heteroatoms. The van der Waals surface area contributed by atoms with Crippen molar-refractivity contribution in [2.45, 2.75) is 46.3 Å². The van der Waals surface area contributed by atoms with Crippen LogP contribution in [0, 0.1) is 18.2 Å². The Bertz CT molecular complexity index is 1770. The van der Waals surface area contributed by atoms with Crippen LogP contribution in [0.2, 0.25) is 0 Å². The summed E-state index contributed by atoms with van der Waals surface area (Å²) in [6.07, 6.45) is 1.23. The molecule has 0 bridgehead atoms. The molecule has 1 aromatic carbocycles. The number of benzene rings is 1. The smallest absolute Gasteiger partial charge is 0.290 e. The Kier molecular flexibility index (Phi) is 7.03. The molecule has 1 saturated heterocycles. The molecule has 3 N–H and O–H groups in total. The average molecular weight is 592 g/mol. The highest BCUT2D eigenvalue weighted by Crippen LogP contribution is 2.48. The summed E-state index contributed by atoms with van der Waals surface area (Å²) in [4.78, 5) is 29.9. The van der Waals surface area contributed by atoms with Crippen LogP contribution < -0.4 is 16.2 Å². The highest BCUT2D eigenvalue weighted by Gasteiger charge is 2.40. The summed E-state index contributed by atoms with van der Waals surface area (Å²) in [5.41, 5.74) is 2.97. The van der Waals surface area contributed by atoms with Gasteiger partial charge >= 0.3 is 0 Å². The Balaban J connectivity index is 1.27. The van der Waals surface area contributed by atoms with E-state index in [1.165, 1.54) is 28.5 Å². The van der Waals surface area contributed by atoms with Crippen molar-refractivity contribution in [3.8, 4) is 11.3 Å². The van der Waals surface area contributed by atoms with Crippen molar-refractivity contribution in [1.29, 1.82) is 0 Å². The van der Waals surface area contributed by atoms with Gasteiger partial charge in [-0.2, -0.15) is 10.2 Å². The molecule has 6 rings (SSSR count). The van der Waals surface area contributed by atoms with E-state index >= 15 is 4.39 Å². The minimum Gasteiger partial charge on any atom is -0.388 e. The van der Waals surface area contributed by atoms with Crippen LogP contribution in [0.5, 0.6) is 0 Å². The molecule has 10 nitrogen and oxygen atoms in total. The molecule has 1 aliphatic heterocycles. The van der Waals surface area contributed by atoms with Crippen LogP contribution in [0.15, 0.2) is 35.1 Å². The average Bonchev–Trinajstić information content (AvgIpc) is 3.53. The number of aromatic nitrogens is 4. The molecule has 220 valence electrons. The lowest BCUT2D eigenvalue weighted by molar-refractivity contribution is 0.0665. The lowest BCUT2D eigenvalue weighted by Crippen LogP contribution is -2.36. The van der Waals surface area contributed by atoms with Gasteiger partial charge in [-0.1, -0.05) is 13.8 Å². The van der Waals surface area contributed by atoms with Gasteiger partial charge in [0, 0.05) is 37.1 Å². The number of thiophene rings is 1. The number of rotatable bonds is 7. The maximum absolute atomic E-state index is 15.1. The van der Waals surface area contributed by atoms with Crippen LogP contribution in [0.4, 0.5) is 21.6 Å². The Morgan fingerprint density at radius 2 is 1.93 bits per heavy atom. The number of fused-ring (bicyclic) bond motifs is 1. The van der Waals surface area contributed by atoms with Crippen LogP contribution in [0.1, 0.15) is 57.7 Å². The highest BCUT2D eigenvalue weighted by molar-refractivity contribution is 7.14. The second-order valence-corrected chi connectivity index (χ2v) is 13.0. The van der Waals surface area contributed by atoms with Crippen molar-refractivity contribution in [3.05, 3.63) is 73.1 Å². The first-order valence-corrected chi connectivity index (χ1v) is 14.7. The second-order valence-electron chi connectivity index (χ2n) is 11.9. The Morgan fingerprint density at radius 1 is 1.17 bits per heavy atom. The lowest BCUT2D eigenvalue weighted by Gasteiger charge is -2.30. The van der Waals surface area contributed by atoms with E-state index in [0.717, 1.165) is 35.8 Å². The molecule has 4 aromatic rings. The number of amides is 1. The normalized spacial score (nSPS) is 17.6. The third kappa shape index (κ3) is 5.03. The fourth-order valence-corrected chi connectivity index (χ4v) is 6.92. The third-order valence-corrected chi connectivity index (χ3v) is 9.43. The van der Waals surface area contributed by atoms with Crippen LogP contribution in [-0.4, -0.2) is 48.6 Å². The SMILES string of the molecule is Cc1c(-c2cc(Nc3cc(CN4CCC4)n(C)n3)c(=O)n(C)n2)ccc(F)c1NC(=O)c1cc2c(s1)CC(C)(C)[C@@H]2O. The minimum atomic E-state index is -0.649. The second kappa shape index (κ2) is 10.4. The molecule has 0 unspecified atom stereocenters. The number of aryl methyl sites for hydroxylation is 2. The van der Waals surface area contributed by atoms with E-state index in [2.05, 4.69) is 25.7 Å². The van der Waals surface area contributed by atoms with E-state index in [1.54, 1.807) is 36.9 Å². The number of hydrogen-bond donors (Lipinski definition) is 3. The van der Waals surface area contributed by atoms with Crippen molar-refractivity contribution < 1.29 is 14.3 Å². The molecule has 3 aromatic heterocycles. The Hall–Kier alpha value is -3.87. The first-order valence-electron chi connectivity index (χ1n) is 13.9. The number of carbonyl (C=O) groups excluding carboxylic acids is 1. The van der Waals surface area contributed by atoms with Gasteiger partial charge in [-0.3, -0.25) is 19.2 Å². The number of carbonyl (C=O) groups is 1. The minimum absolute atomic E-state index is 0.0393. The standard InChI is InChI=1S/C30H34FN7O3S/c1-16-18(7-8-20(31)26(16)33-28(40)23-12-19-24(42-23)14-30(2,3)27(19)39)21-13-22(29(41)37(5)34-21)32-25-11-17(36(4)35-25)15-38-9-6-10-38/h7-8,11-13,27,39H,6,9-10,14-15H2,1-5H3,(H,32,35)(H,33,40)/t27-/m1/s1. The predicted octanol–water partition coefficient (Wildman–Crippen LogP) is 4.51. The predicted molar refractivity (Wildman–Crippen MR) is 161 cm³/mol. The molecule has 0 saturated carbocycles. The summed E-state index contributed by atoms with van der Waals surface area (Å²) in [6.45, 7) is 8.61. The van der Waals surface area contributed by atoms with Crippen LogP contribution in [-0.2, 0) is 27.1 Å². The van der Waals surface area contributed by atoms with Gasteiger partial charge in [0.25, 0.3) is 11.5 Å². The number of likely N-dealkylation sites (tertiary alicyclic amines) is 1. The monoisotopic (exact) mass is 591 g/mol. The highest BCUT2D eigenvalue weighted by atomic mass is 32.1. The first kappa shape index (κ1) is 28.3. The van der Waals surface area contributed by atoms with Crippen LogP contribution in [0.3, 0.4) is 0 Å². The summed E-state index contributed by atoms with van der Waals surface area (Å²) in [5, 5.41) is 25.4. The number of aliphatic hydroxyl groups excluding tert-OH is 1. The topological polar surface area (TPSA) is 117 Å². The number of nitrogens with one attached hydrogen (secondary N) is 2. The number of nitrogens with zero attached hydrogens (tertiary/aromatic N) is 5. The number of halogens is 1. The molecule has 0 spiro atoms. The fraction of sp³-hybridized carbons (Fsp3) is 0.400. The van der Waals surface area contributed by atoms with Crippen molar-refractivity contribution in [2.24, 2.45) is 19.5 Å². The van der Waals surface area contributed by atoms with Gasteiger partial charge in [-0.15, -0.1) is 11.3 Å². The summed E-state index contributed by atoms with van der Waals surface area (Å²) in [7, 11) is 3.43. The van der Waals surface area contributed by atoms with E-state index in [1.807, 2.05) is 27.0 Å². The Labute approximate surface area is 246 Å². The summed E-state index contributed by atoms with van der Waals surface area (Å²) < 4.78 is 18.1. The first-order chi connectivity index (χ1) is 19.9. The van der Waals surface area contributed by atoms with Gasteiger partial charge in [0.1, 0.15) is 11.5 Å². The largest absolute Gasteiger partial charge is 0.388 e. The molecule has 1 amide bonds. The number of hydrogen-bond acceptors (Lipinski definition) is 8. The van der Waals surface area contributed by atoms with Crippen LogP contribution in [0.25, 0.3) is 11.3 Å². The molecule has 2 aliphatic rings. The molecule has 0 radical (unpaired) electrons. The van der Waals surface area contributed by atoms with Gasteiger partial charge in [0.15, 0.2) is 5.82 Å². The zero-order valence-corrected chi connectivity index (χ0v) is 25.1. The molecule has 1 fully saturated rings. The van der Waals surface area contributed by atoms with E-state index in [9.17, 15) is 14.7 Å². The summed E-state index contributed by atoms with van der Waals surface area (Å²) in [5.74, 6) is -0.484. The summed E-state index contributed by atoms with van der Waals surface area (Å²) in [6, 6.07) is 8.10. The molecule has 1 atom stereocenters. The zero-order chi connectivity index (χ0) is 29.9. The molecule has 1 aliphatic carbocycles. The molecule has 42 heavy (non-hydrogen) atoms. The Morgan fingerprint density at radius 3 is 2.62 bits per heavy atom. The number of anilines is 3. The quantitative estimate of drug-likeness (QED) is 0.290. The molecular weight excluding hydrogens is 557 g/mol. The summed E-state index contributed by atoms with van der Waals surface area (Å²) >= 11 is 1.32. The van der Waals surface area contributed by atoms with Gasteiger partial charge in [0.05, 0.1) is 28.1 Å². The van der Waals surface area contributed by atoms with Crippen molar-refractivity contribution in [1.82, 2.24) is 24.5 Å². The van der Waals surface area contributed by atoms with Gasteiger partial charge in [-0.25, -0.2) is 9.07 Å². The lowest BCUT2D eigenvalue weighted by atomic mass is 9.88. The van der Waals surface area contributed by atoms with Crippen molar-refractivity contribution in [3.63, 3.8) is 0 Å². The van der Waals surface area contributed by atoms with E-state index in [4.69, 9.17) is 0 Å². The van der Waals surface area contributed by atoms with Gasteiger partial charge < -0.3 is 15.7 Å². The molecular formula is C30H34FN7O3S. The van der Waals surface area contributed by atoms with E-state index in [-0.39, 0.29) is 22.3 Å². The number of aliphatic hydroxyl groups is 1. The van der Waals surface area contributed by atoms with Crippen LogP contribution >= 0.6 is 11.3 Å². The maximum atomic E-state index is 15.1. The maximum Gasteiger partial charge on any atom is 0.290 e. The van der Waals surface area contributed by atoms with E-state index < -0.39 is 17.8 Å². The zero-order valence-electron chi connectivity index (χ0n) is 24.3. The van der Waals surface area contributed by atoms with Gasteiger partial charge in [-0.05, 0) is 73.7 Å². The van der Waals surface area contributed by atoms with Gasteiger partial charge in [0.2, 0.25) is 0 Å². The molecule has 4 heterocycles.